The summed E-state index contributed by atoms with van der Waals surface area (Å²) in [5.74, 6) is 0. The molecule has 0 saturated heterocycles. The maximum absolute atomic E-state index is 8.95. The molecule has 2 aromatic rings. The zero-order chi connectivity index (χ0) is 12.8. The Kier molecular flexibility index (Phi) is 3.53. The predicted molar refractivity (Wildman–Crippen MR) is 67.4 cm³/mol. The van der Waals surface area contributed by atoms with Crippen LogP contribution in [0.2, 0.25) is 0 Å². The molecule has 0 radical (unpaired) electrons. The fourth-order valence-electron chi connectivity index (χ4n) is 1.58. The van der Waals surface area contributed by atoms with Crippen LogP contribution in [0.15, 0.2) is 42.6 Å². The van der Waals surface area contributed by atoms with Crippen molar-refractivity contribution in [1.82, 2.24) is 4.98 Å². The third-order valence-electron chi connectivity index (χ3n) is 2.47. The second kappa shape index (κ2) is 5.47. The zero-order valence-electron chi connectivity index (χ0n) is 9.59. The summed E-state index contributed by atoms with van der Waals surface area (Å²) < 4.78 is 0. The first-order valence-corrected chi connectivity index (χ1v) is 5.41. The van der Waals surface area contributed by atoms with E-state index in [9.17, 15) is 0 Å². The molecule has 86 valence electrons. The summed E-state index contributed by atoms with van der Waals surface area (Å²) in [4.78, 5) is 3.91. The normalized spacial score (nSPS) is 9.22. The van der Waals surface area contributed by atoms with Crippen molar-refractivity contribution in [3.05, 3.63) is 59.4 Å². The fourth-order valence-corrected chi connectivity index (χ4v) is 1.58. The molecule has 0 atom stereocenters. The SMILES string of the molecule is N#Cc1cc(CNc2ccccc2C#N)ccn1. The van der Waals surface area contributed by atoms with E-state index >= 15 is 0 Å². The Morgan fingerprint density at radius 2 is 1.94 bits per heavy atom. The monoisotopic (exact) mass is 234 g/mol. The smallest absolute Gasteiger partial charge is 0.140 e. The van der Waals surface area contributed by atoms with Crippen LogP contribution in [0.5, 0.6) is 0 Å². The number of nitriles is 2. The largest absolute Gasteiger partial charge is 0.380 e. The highest BCUT2D eigenvalue weighted by atomic mass is 14.9. The van der Waals surface area contributed by atoms with Crippen LogP contribution in [0.4, 0.5) is 5.69 Å². The Balaban J connectivity index is 2.12. The number of nitrogens with zero attached hydrogens (tertiary/aromatic N) is 3. The molecule has 1 heterocycles. The van der Waals surface area contributed by atoms with Gasteiger partial charge in [0.2, 0.25) is 0 Å². The fraction of sp³-hybridized carbons (Fsp3) is 0.0714. The van der Waals surface area contributed by atoms with Gasteiger partial charge in [-0.3, -0.25) is 0 Å². The minimum absolute atomic E-state index is 0.392. The Hall–Kier alpha value is -2.85. The molecule has 0 spiro atoms. The second-order valence-corrected chi connectivity index (χ2v) is 3.67. The van der Waals surface area contributed by atoms with E-state index in [-0.39, 0.29) is 0 Å². The number of rotatable bonds is 3. The first-order chi connectivity index (χ1) is 8.83. The van der Waals surface area contributed by atoms with Gasteiger partial charge in [-0.15, -0.1) is 0 Å². The minimum atomic E-state index is 0.392. The van der Waals surface area contributed by atoms with Gasteiger partial charge in [0, 0.05) is 12.7 Å². The van der Waals surface area contributed by atoms with Crippen LogP contribution >= 0.6 is 0 Å². The number of para-hydroxylation sites is 1. The van der Waals surface area contributed by atoms with E-state index in [0.717, 1.165) is 11.3 Å². The summed E-state index contributed by atoms with van der Waals surface area (Å²) in [6, 6.07) is 15.0. The molecule has 4 nitrogen and oxygen atoms in total. The van der Waals surface area contributed by atoms with Crippen molar-refractivity contribution >= 4 is 5.69 Å². The van der Waals surface area contributed by atoms with Crippen molar-refractivity contribution < 1.29 is 0 Å². The number of hydrogen-bond donors (Lipinski definition) is 1. The number of hydrogen-bond acceptors (Lipinski definition) is 4. The molecule has 0 aliphatic heterocycles. The van der Waals surface area contributed by atoms with Gasteiger partial charge in [-0.1, -0.05) is 12.1 Å². The molecule has 2 rings (SSSR count). The molecule has 4 heteroatoms. The topological polar surface area (TPSA) is 72.5 Å². The lowest BCUT2D eigenvalue weighted by Crippen LogP contribution is -2.01. The Bertz CT molecular complexity index is 635. The summed E-state index contributed by atoms with van der Waals surface area (Å²) in [5, 5.41) is 20.9. The highest BCUT2D eigenvalue weighted by Crippen LogP contribution is 2.14. The van der Waals surface area contributed by atoms with Gasteiger partial charge in [-0.2, -0.15) is 10.5 Å². The lowest BCUT2D eigenvalue weighted by molar-refractivity contribution is 1.11. The minimum Gasteiger partial charge on any atom is -0.380 e. The number of pyridine rings is 1. The quantitative estimate of drug-likeness (QED) is 0.885. The van der Waals surface area contributed by atoms with Gasteiger partial charge in [0.15, 0.2) is 0 Å². The zero-order valence-corrected chi connectivity index (χ0v) is 9.59. The summed E-state index contributed by atoms with van der Waals surface area (Å²) in [7, 11) is 0. The van der Waals surface area contributed by atoms with Gasteiger partial charge < -0.3 is 5.32 Å². The van der Waals surface area contributed by atoms with Gasteiger partial charge in [-0.25, -0.2) is 4.98 Å². The van der Waals surface area contributed by atoms with Crippen LogP contribution in [0.25, 0.3) is 0 Å². The van der Waals surface area contributed by atoms with Crippen molar-refractivity contribution in [3.8, 4) is 12.1 Å². The lowest BCUT2D eigenvalue weighted by atomic mass is 10.2. The number of nitrogens with one attached hydrogen (secondary N) is 1. The van der Waals surface area contributed by atoms with Gasteiger partial charge >= 0.3 is 0 Å². The van der Waals surface area contributed by atoms with Gasteiger partial charge in [-0.05, 0) is 29.8 Å². The Morgan fingerprint density at radius 3 is 2.72 bits per heavy atom. The summed E-state index contributed by atoms with van der Waals surface area (Å²) >= 11 is 0. The van der Waals surface area contributed by atoms with Crippen molar-refractivity contribution in [3.63, 3.8) is 0 Å². The first-order valence-electron chi connectivity index (χ1n) is 5.41. The van der Waals surface area contributed by atoms with Crippen LogP contribution < -0.4 is 5.32 Å². The number of aromatic nitrogens is 1. The molecule has 1 aromatic carbocycles. The van der Waals surface area contributed by atoms with Gasteiger partial charge in [0.1, 0.15) is 17.8 Å². The number of benzene rings is 1. The van der Waals surface area contributed by atoms with E-state index in [1.165, 1.54) is 0 Å². The molecule has 0 amide bonds. The van der Waals surface area contributed by atoms with Crippen molar-refractivity contribution in [2.24, 2.45) is 0 Å². The maximum atomic E-state index is 8.95. The molecule has 0 saturated carbocycles. The summed E-state index contributed by atoms with van der Waals surface area (Å²) in [5.41, 5.74) is 2.74. The maximum Gasteiger partial charge on any atom is 0.140 e. The molecule has 0 aliphatic carbocycles. The van der Waals surface area contributed by atoms with Crippen LogP contribution in [0.3, 0.4) is 0 Å². The third-order valence-corrected chi connectivity index (χ3v) is 2.47. The van der Waals surface area contributed by atoms with E-state index < -0.39 is 0 Å². The average Bonchev–Trinajstić information content (AvgIpc) is 2.45. The van der Waals surface area contributed by atoms with Crippen LogP contribution in [0.1, 0.15) is 16.8 Å². The Labute approximate surface area is 105 Å². The molecule has 0 unspecified atom stereocenters. The number of anilines is 1. The third kappa shape index (κ3) is 2.63. The summed E-state index contributed by atoms with van der Waals surface area (Å²) in [6.07, 6.45) is 1.60. The lowest BCUT2D eigenvalue weighted by Gasteiger charge is -2.07. The Morgan fingerprint density at radius 1 is 1.11 bits per heavy atom. The van der Waals surface area contributed by atoms with Crippen molar-refractivity contribution in [1.29, 1.82) is 10.5 Å². The van der Waals surface area contributed by atoms with E-state index in [1.807, 2.05) is 30.3 Å². The van der Waals surface area contributed by atoms with Crippen LogP contribution in [0, 0.1) is 22.7 Å². The van der Waals surface area contributed by atoms with E-state index in [2.05, 4.69) is 16.4 Å². The molecule has 18 heavy (non-hydrogen) atoms. The molecule has 0 aliphatic rings. The van der Waals surface area contributed by atoms with Crippen molar-refractivity contribution in [2.45, 2.75) is 6.54 Å². The van der Waals surface area contributed by atoms with Crippen molar-refractivity contribution in [2.75, 3.05) is 5.32 Å². The van der Waals surface area contributed by atoms with E-state index in [1.54, 1.807) is 18.3 Å². The van der Waals surface area contributed by atoms with Crippen LogP contribution in [-0.4, -0.2) is 4.98 Å². The standard InChI is InChI=1S/C14H10N4/c15-8-12-3-1-2-4-14(12)18-10-11-5-6-17-13(7-11)9-16/h1-7,18H,10H2. The molecule has 1 aromatic heterocycles. The highest BCUT2D eigenvalue weighted by Gasteiger charge is 2.01. The van der Waals surface area contributed by atoms with Gasteiger partial charge in [0.05, 0.1) is 11.3 Å². The summed E-state index contributed by atoms with van der Waals surface area (Å²) in [6.45, 7) is 0.551. The van der Waals surface area contributed by atoms with E-state index in [0.29, 0.717) is 17.8 Å². The molecule has 1 N–H and O–H groups in total. The second-order valence-electron chi connectivity index (χ2n) is 3.67. The molecular weight excluding hydrogens is 224 g/mol. The van der Waals surface area contributed by atoms with Gasteiger partial charge in [0.25, 0.3) is 0 Å². The predicted octanol–water partition coefficient (Wildman–Crippen LogP) is 2.44. The molecule has 0 fully saturated rings. The molecular formula is C14H10N4. The first kappa shape index (κ1) is 11.6. The average molecular weight is 234 g/mol. The van der Waals surface area contributed by atoms with Crippen LogP contribution in [-0.2, 0) is 6.54 Å². The highest BCUT2D eigenvalue weighted by molar-refractivity contribution is 5.57. The van der Waals surface area contributed by atoms with E-state index in [4.69, 9.17) is 10.5 Å². The molecule has 0 bridgehead atoms.